The Hall–Kier alpha value is -1.51. The van der Waals surface area contributed by atoms with E-state index in [-0.39, 0.29) is 0 Å². The first-order valence-corrected chi connectivity index (χ1v) is 6.38. The summed E-state index contributed by atoms with van der Waals surface area (Å²) in [5.41, 5.74) is 2.62. The Morgan fingerprint density at radius 2 is 2.47 bits per heavy atom. The molecule has 0 N–H and O–H groups in total. The monoisotopic (exact) mass is 230 g/mol. The molecular formula is C14H18N2O. The molecule has 3 rings (SSSR count). The van der Waals surface area contributed by atoms with Crippen LogP contribution in [0.5, 0.6) is 5.75 Å². The van der Waals surface area contributed by atoms with E-state index in [9.17, 15) is 0 Å². The molecule has 17 heavy (non-hydrogen) atoms. The number of nitrogens with zero attached hydrogens (tertiary/aromatic N) is 2. The van der Waals surface area contributed by atoms with E-state index in [0.717, 1.165) is 17.2 Å². The summed E-state index contributed by atoms with van der Waals surface area (Å²) in [5.74, 6) is 1.75. The van der Waals surface area contributed by atoms with Crippen LogP contribution in [0.4, 0.5) is 0 Å². The highest BCUT2D eigenvalue weighted by molar-refractivity contribution is 5.54. The topological polar surface area (TPSA) is 25.4 Å². The van der Waals surface area contributed by atoms with Crippen molar-refractivity contribution >= 4 is 6.08 Å². The van der Waals surface area contributed by atoms with E-state index in [0.29, 0.717) is 6.61 Å². The van der Waals surface area contributed by atoms with Crippen LogP contribution in [0.1, 0.15) is 25.3 Å². The largest absolute Gasteiger partial charge is 0.492 e. The third kappa shape index (κ3) is 2.14. The zero-order chi connectivity index (χ0) is 11.7. The van der Waals surface area contributed by atoms with Gasteiger partial charge in [-0.05, 0) is 43.4 Å². The van der Waals surface area contributed by atoms with Crippen molar-refractivity contribution in [3.05, 3.63) is 29.7 Å². The summed E-state index contributed by atoms with van der Waals surface area (Å²) in [5, 5.41) is 0. The molecule has 3 heteroatoms. The Morgan fingerprint density at radius 3 is 3.18 bits per heavy atom. The summed E-state index contributed by atoms with van der Waals surface area (Å²) in [7, 11) is 0. The molecule has 1 aromatic heterocycles. The summed E-state index contributed by atoms with van der Waals surface area (Å²) >= 11 is 0. The van der Waals surface area contributed by atoms with Gasteiger partial charge in [-0.3, -0.25) is 4.98 Å². The lowest BCUT2D eigenvalue weighted by molar-refractivity contribution is 0.339. The molecule has 1 atom stereocenters. The minimum atomic E-state index is 0.690. The van der Waals surface area contributed by atoms with Crippen LogP contribution >= 0.6 is 0 Å². The average molecular weight is 230 g/mol. The number of hydrogen-bond donors (Lipinski definition) is 0. The van der Waals surface area contributed by atoms with Crippen molar-refractivity contribution in [2.24, 2.45) is 5.92 Å². The van der Waals surface area contributed by atoms with Gasteiger partial charge in [0.2, 0.25) is 0 Å². The lowest BCUT2D eigenvalue weighted by atomic mass is 10.0. The molecule has 0 aliphatic carbocycles. The van der Waals surface area contributed by atoms with E-state index in [1.165, 1.54) is 31.6 Å². The first kappa shape index (κ1) is 10.6. The number of rotatable bonds is 3. The second-order valence-electron chi connectivity index (χ2n) is 4.83. The quantitative estimate of drug-likeness (QED) is 0.798. The molecule has 2 aliphatic heterocycles. The molecule has 2 saturated heterocycles. The molecule has 0 amide bonds. The first-order chi connectivity index (χ1) is 8.35. The molecule has 0 radical (unpaired) electrons. The molecule has 1 unspecified atom stereocenters. The highest BCUT2D eigenvalue weighted by atomic mass is 16.5. The number of aromatic nitrogens is 1. The van der Waals surface area contributed by atoms with Gasteiger partial charge >= 0.3 is 0 Å². The standard InChI is InChI=1S/C14H18N2O/c1-2-17-14-7-12(8-15-9-14)6-13-5-11-3-4-16(13)10-11/h6-9,11H,2-5,10H2,1H3/b13-6+. The maximum Gasteiger partial charge on any atom is 0.138 e. The van der Waals surface area contributed by atoms with Gasteiger partial charge in [0.25, 0.3) is 0 Å². The number of piperidine rings is 1. The Labute approximate surface area is 102 Å². The van der Waals surface area contributed by atoms with Gasteiger partial charge in [-0.15, -0.1) is 0 Å². The molecule has 3 heterocycles. The molecular weight excluding hydrogens is 212 g/mol. The fourth-order valence-electron chi connectivity index (χ4n) is 2.79. The SMILES string of the molecule is CCOc1cncc(/C=C2\CC3CCN2C3)c1. The van der Waals surface area contributed by atoms with E-state index in [2.05, 4.69) is 22.0 Å². The van der Waals surface area contributed by atoms with Crippen LogP contribution in [0.2, 0.25) is 0 Å². The van der Waals surface area contributed by atoms with E-state index in [1.807, 2.05) is 13.1 Å². The molecule has 0 aromatic carbocycles. The zero-order valence-electron chi connectivity index (χ0n) is 10.2. The van der Waals surface area contributed by atoms with E-state index >= 15 is 0 Å². The number of pyridine rings is 1. The fraction of sp³-hybridized carbons (Fsp3) is 0.500. The van der Waals surface area contributed by atoms with Crippen LogP contribution in [0.3, 0.4) is 0 Å². The number of fused-ring (bicyclic) bond motifs is 2. The van der Waals surface area contributed by atoms with Crippen LogP contribution < -0.4 is 4.74 Å². The van der Waals surface area contributed by atoms with Crippen LogP contribution in [0.25, 0.3) is 6.08 Å². The molecule has 90 valence electrons. The molecule has 2 fully saturated rings. The van der Waals surface area contributed by atoms with Gasteiger partial charge < -0.3 is 9.64 Å². The van der Waals surface area contributed by atoms with E-state index < -0.39 is 0 Å². The molecule has 0 spiro atoms. The maximum absolute atomic E-state index is 5.47. The van der Waals surface area contributed by atoms with Gasteiger partial charge in [0.05, 0.1) is 12.8 Å². The smallest absolute Gasteiger partial charge is 0.138 e. The van der Waals surface area contributed by atoms with Crippen LogP contribution in [0.15, 0.2) is 24.2 Å². The van der Waals surface area contributed by atoms with Crippen LogP contribution in [-0.4, -0.2) is 29.6 Å². The maximum atomic E-state index is 5.47. The second-order valence-corrected chi connectivity index (χ2v) is 4.83. The summed E-state index contributed by atoms with van der Waals surface area (Å²) in [4.78, 5) is 6.72. The third-order valence-electron chi connectivity index (χ3n) is 3.57. The first-order valence-electron chi connectivity index (χ1n) is 6.38. The fourth-order valence-corrected chi connectivity index (χ4v) is 2.79. The van der Waals surface area contributed by atoms with Crippen molar-refractivity contribution in [2.75, 3.05) is 19.7 Å². The van der Waals surface area contributed by atoms with Gasteiger partial charge in [-0.1, -0.05) is 0 Å². The highest BCUT2D eigenvalue weighted by Crippen LogP contribution is 2.36. The van der Waals surface area contributed by atoms with E-state index in [1.54, 1.807) is 6.20 Å². The summed E-state index contributed by atoms with van der Waals surface area (Å²) in [6.45, 7) is 5.17. The predicted octanol–water partition coefficient (Wildman–Crippen LogP) is 2.55. The predicted molar refractivity (Wildman–Crippen MR) is 67.7 cm³/mol. The van der Waals surface area contributed by atoms with Gasteiger partial charge in [0.1, 0.15) is 5.75 Å². The number of hydrogen-bond acceptors (Lipinski definition) is 3. The van der Waals surface area contributed by atoms with Crippen molar-refractivity contribution in [1.82, 2.24) is 9.88 Å². The molecule has 0 saturated carbocycles. The minimum absolute atomic E-state index is 0.690. The van der Waals surface area contributed by atoms with Crippen molar-refractivity contribution in [3.63, 3.8) is 0 Å². The lowest BCUT2D eigenvalue weighted by Crippen LogP contribution is -2.14. The van der Waals surface area contributed by atoms with Gasteiger partial charge in [0.15, 0.2) is 0 Å². The van der Waals surface area contributed by atoms with E-state index in [4.69, 9.17) is 4.74 Å². The number of allylic oxidation sites excluding steroid dienone is 1. The summed E-state index contributed by atoms with van der Waals surface area (Å²) < 4.78 is 5.47. The van der Waals surface area contributed by atoms with Gasteiger partial charge in [0, 0.05) is 25.0 Å². The summed E-state index contributed by atoms with van der Waals surface area (Å²) in [6.07, 6.45) is 8.54. The van der Waals surface area contributed by atoms with Crippen molar-refractivity contribution in [2.45, 2.75) is 19.8 Å². The Bertz CT molecular complexity index is 442. The normalized spacial score (nSPS) is 24.6. The average Bonchev–Trinajstić information content (AvgIpc) is 2.92. The minimum Gasteiger partial charge on any atom is -0.492 e. The Balaban J connectivity index is 1.80. The Kier molecular flexibility index (Phi) is 2.75. The van der Waals surface area contributed by atoms with Gasteiger partial charge in [-0.25, -0.2) is 0 Å². The lowest BCUT2D eigenvalue weighted by Gasteiger charge is -2.18. The Morgan fingerprint density at radius 1 is 1.53 bits per heavy atom. The molecule has 1 aromatic rings. The van der Waals surface area contributed by atoms with Crippen molar-refractivity contribution < 1.29 is 4.74 Å². The molecule has 2 aliphatic rings. The second kappa shape index (κ2) is 4.40. The van der Waals surface area contributed by atoms with Crippen LogP contribution in [-0.2, 0) is 0 Å². The van der Waals surface area contributed by atoms with Crippen LogP contribution in [0, 0.1) is 5.92 Å². The van der Waals surface area contributed by atoms with Gasteiger partial charge in [-0.2, -0.15) is 0 Å². The zero-order valence-corrected chi connectivity index (χ0v) is 10.2. The third-order valence-corrected chi connectivity index (χ3v) is 3.57. The molecule has 3 nitrogen and oxygen atoms in total. The van der Waals surface area contributed by atoms with Crippen molar-refractivity contribution in [3.8, 4) is 5.75 Å². The van der Waals surface area contributed by atoms with Crippen molar-refractivity contribution in [1.29, 1.82) is 0 Å². The number of ether oxygens (including phenoxy) is 1. The molecule has 2 bridgehead atoms. The highest BCUT2D eigenvalue weighted by Gasteiger charge is 2.32. The summed E-state index contributed by atoms with van der Waals surface area (Å²) in [6, 6.07) is 2.07.